The summed E-state index contributed by atoms with van der Waals surface area (Å²) in [5.41, 5.74) is 0.766. The lowest BCUT2D eigenvalue weighted by Crippen LogP contribution is -2.60. The third-order valence-corrected chi connectivity index (χ3v) is 4.14. The van der Waals surface area contributed by atoms with Crippen LogP contribution in [-0.2, 0) is 19.1 Å². The normalized spacial score (nSPS) is 22.9. The summed E-state index contributed by atoms with van der Waals surface area (Å²) in [5.74, 6) is 3.27. The lowest BCUT2D eigenvalue weighted by atomic mass is 9.93. The van der Waals surface area contributed by atoms with Gasteiger partial charge in [-0.05, 0) is 18.2 Å². The van der Waals surface area contributed by atoms with Gasteiger partial charge in [0.2, 0.25) is 11.7 Å². The zero-order valence-corrected chi connectivity index (χ0v) is 15.7. The van der Waals surface area contributed by atoms with E-state index < -0.39 is 54.7 Å². The molecule has 1 aromatic carbocycles. The number of amides is 1. The molecule has 0 aliphatic carbocycles. The maximum Gasteiger partial charge on any atom is 0.370 e. The van der Waals surface area contributed by atoms with Gasteiger partial charge in [0.15, 0.2) is 6.10 Å². The molecule has 5 atom stereocenters. The number of hydrogen-bond donors (Lipinski definition) is 5. The molecular formula is C20H23NO8. The topological polar surface area (TPSA) is 146 Å². The van der Waals surface area contributed by atoms with Gasteiger partial charge in [-0.25, -0.2) is 4.79 Å². The number of carbonyl (C=O) groups is 2. The van der Waals surface area contributed by atoms with Gasteiger partial charge in [0.05, 0.1) is 12.6 Å². The Hall–Kier alpha value is -2.90. The number of aliphatic hydroxyl groups excluding tert-OH is 3. The fourth-order valence-corrected chi connectivity index (χ4v) is 2.78. The minimum absolute atomic E-state index is 0.0928. The Morgan fingerprint density at radius 1 is 1.28 bits per heavy atom. The molecule has 1 aliphatic rings. The van der Waals surface area contributed by atoms with Crippen LogP contribution >= 0.6 is 0 Å². The molecule has 5 N–H and O–H groups in total. The van der Waals surface area contributed by atoms with Gasteiger partial charge in [-0.15, -0.1) is 0 Å². The highest BCUT2D eigenvalue weighted by atomic mass is 16.5. The van der Waals surface area contributed by atoms with E-state index in [-0.39, 0.29) is 6.61 Å². The average Bonchev–Trinajstić information content (AvgIpc) is 2.71. The van der Waals surface area contributed by atoms with E-state index in [4.69, 9.17) is 14.6 Å². The zero-order chi connectivity index (χ0) is 21.4. The molecule has 0 spiro atoms. The van der Waals surface area contributed by atoms with Crippen molar-refractivity contribution in [1.82, 2.24) is 5.32 Å². The molecule has 0 unspecified atom stereocenters. The van der Waals surface area contributed by atoms with E-state index in [1.807, 2.05) is 30.3 Å². The third kappa shape index (κ3) is 6.30. The van der Waals surface area contributed by atoms with Crippen molar-refractivity contribution in [2.24, 2.45) is 0 Å². The first kappa shape index (κ1) is 22.4. The highest BCUT2D eigenvalue weighted by Crippen LogP contribution is 2.24. The molecule has 0 radical (unpaired) electrons. The van der Waals surface area contributed by atoms with Crippen LogP contribution in [0.5, 0.6) is 0 Å². The summed E-state index contributed by atoms with van der Waals surface area (Å²) in [7, 11) is 0. The quantitative estimate of drug-likeness (QED) is 0.364. The van der Waals surface area contributed by atoms with Crippen molar-refractivity contribution >= 4 is 11.9 Å². The second kappa shape index (κ2) is 10.6. The Labute approximate surface area is 167 Å². The van der Waals surface area contributed by atoms with Crippen molar-refractivity contribution < 1.29 is 39.5 Å². The number of aliphatic hydroxyl groups is 3. The number of hydrogen-bond acceptors (Lipinski definition) is 7. The summed E-state index contributed by atoms with van der Waals surface area (Å²) in [6.45, 7) is 0.354. The molecular weight excluding hydrogens is 382 g/mol. The lowest BCUT2D eigenvalue weighted by molar-refractivity contribution is -0.151. The average molecular weight is 405 g/mol. The van der Waals surface area contributed by atoms with E-state index >= 15 is 0 Å². The summed E-state index contributed by atoms with van der Waals surface area (Å²) in [5, 5.41) is 40.9. The first-order valence-electron chi connectivity index (χ1n) is 8.85. The van der Waals surface area contributed by atoms with Gasteiger partial charge in [0.1, 0.15) is 24.9 Å². The summed E-state index contributed by atoms with van der Waals surface area (Å²) in [6, 6.07) is 8.11. The maximum atomic E-state index is 11.6. The summed E-state index contributed by atoms with van der Waals surface area (Å²) >= 11 is 0. The fraction of sp³-hybridized carbons (Fsp3) is 0.400. The molecule has 29 heavy (non-hydrogen) atoms. The number of carbonyl (C=O) groups excluding carboxylic acids is 1. The molecule has 0 aromatic heterocycles. The predicted octanol–water partition coefficient (Wildman–Crippen LogP) is -0.991. The molecule has 2 rings (SSSR count). The number of carboxylic acid groups (broad SMARTS) is 1. The van der Waals surface area contributed by atoms with Crippen molar-refractivity contribution in [2.45, 2.75) is 37.4 Å². The van der Waals surface area contributed by atoms with E-state index in [0.29, 0.717) is 0 Å². The molecule has 9 nitrogen and oxygen atoms in total. The number of benzene rings is 1. The fourth-order valence-electron chi connectivity index (χ4n) is 2.78. The van der Waals surface area contributed by atoms with Gasteiger partial charge in [0.25, 0.3) is 0 Å². The van der Waals surface area contributed by atoms with E-state index in [9.17, 15) is 24.9 Å². The molecule has 1 aliphatic heterocycles. The van der Waals surface area contributed by atoms with Crippen LogP contribution < -0.4 is 5.32 Å². The summed E-state index contributed by atoms with van der Waals surface area (Å²) < 4.78 is 10.9. The molecule has 1 aromatic rings. The number of carboxylic acids is 1. The van der Waals surface area contributed by atoms with Crippen molar-refractivity contribution in [3.8, 4) is 11.8 Å². The molecule has 9 heteroatoms. The van der Waals surface area contributed by atoms with Gasteiger partial charge in [-0.2, -0.15) is 0 Å². The third-order valence-electron chi connectivity index (χ3n) is 4.14. The van der Waals surface area contributed by atoms with Gasteiger partial charge in [-0.1, -0.05) is 30.0 Å². The van der Waals surface area contributed by atoms with Crippen LogP contribution in [0, 0.1) is 11.8 Å². The first-order valence-corrected chi connectivity index (χ1v) is 8.85. The maximum absolute atomic E-state index is 11.6. The van der Waals surface area contributed by atoms with Crippen LogP contribution in [-0.4, -0.2) is 76.0 Å². The Morgan fingerprint density at radius 2 is 1.97 bits per heavy atom. The van der Waals surface area contributed by atoms with Crippen molar-refractivity contribution in [2.75, 3.05) is 13.2 Å². The number of aliphatic carboxylic acids is 1. The zero-order valence-electron chi connectivity index (χ0n) is 15.7. The lowest BCUT2D eigenvalue weighted by Gasteiger charge is -2.39. The van der Waals surface area contributed by atoms with Crippen molar-refractivity contribution in [3.05, 3.63) is 47.7 Å². The summed E-state index contributed by atoms with van der Waals surface area (Å²) in [4.78, 5) is 23.0. The van der Waals surface area contributed by atoms with E-state index in [2.05, 4.69) is 17.2 Å². The minimum Gasteiger partial charge on any atom is -0.478 e. The smallest absolute Gasteiger partial charge is 0.370 e. The number of rotatable bonds is 7. The Kier molecular flexibility index (Phi) is 8.18. The molecule has 0 saturated heterocycles. The van der Waals surface area contributed by atoms with Crippen molar-refractivity contribution in [3.63, 3.8) is 0 Å². The summed E-state index contributed by atoms with van der Waals surface area (Å²) in [6.07, 6.45) is -4.51. The molecule has 156 valence electrons. The van der Waals surface area contributed by atoms with E-state index in [1.165, 1.54) is 6.92 Å². The van der Waals surface area contributed by atoms with Crippen LogP contribution in [0.3, 0.4) is 0 Å². The van der Waals surface area contributed by atoms with E-state index in [0.717, 1.165) is 11.6 Å². The minimum atomic E-state index is -1.68. The second-order valence-corrected chi connectivity index (χ2v) is 6.33. The molecule has 0 bridgehead atoms. The number of nitrogens with one attached hydrogen (secondary N) is 1. The SMILES string of the molecule is CC(=O)N[C@H]1[C@@H]([C@H](O)[C@H](O)CO)OC(C(=O)O)=C[C@@H]1OCC#Cc1ccccc1. The highest BCUT2D eigenvalue weighted by Gasteiger charge is 2.44. The molecule has 1 amide bonds. The monoisotopic (exact) mass is 405 g/mol. The van der Waals surface area contributed by atoms with E-state index in [1.54, 1.807) is 0 Å². The Morgan fingerprint density at radius 3 is 2.55 bits per heavy atom. The van der Waals surface area contributed by atoms with Crippen LogP contribution in [0.1, 0.15) is 12.5 Å². The van der Waals surface area contributed by atoms with Gasteiger partial charge in [-0.3, -0.25) is 4.79 Å². The molecule has 0 saturated carbocycles. The first-order chi connectivity index (χ1) is 13.8. The molecule has 0 fully saturated rings. The van der Waals surface area contributed by atoms with Gasteiger partial charge in [0, 0.05) is 12.5 Å². The Balaban J connectivity index is 2.23. The Bertz CT molecular complexity index is 798. The standard InChI is InChI=1S/C20H23NO8/c1-12(23)21-17-15(28-9-5-8-13-6-3-2-4-7-13)10-16(20(26)27)29-19(17)18(25)14(24)11-22/h2-4,6-7,10,14-15,17-19,22,24-25H,9,11H2,1H3,(H,21,23)(H,26,27)/t14-,15+,17-,18-,19+/m1/s1. The predicted molar refractivity (Wildman–Crippen MR) is 100 cm³/mol. The van der Waals surface area contributed by atoms with Gasteiger partial charge < -0.3 is 35.2 Å². The molecule has 1 heterocycles. The van der Waals surface area contributed by atoms with Gasteiger partial charge >= 0.3 is 5.97 Å². The van der Waals surface area contributed by atoms with Crippen LogP contribution in [0.25, 0.3) is 0 Å². The van der Waals surface area contributed by atoms with Crippen LogP contribution in [0.2, 0.25) is 0 Å². The van der Waals surface area contributed by atoms with Crippen LogP contribution in [0.4, 0.5) is 0 Å². The largest absolute Gasteiger partial charge is 0.478 e. The number of ether oxygens (including phenoxy) is 2. The second-order valence-electron chi connectivity index (χ2n) is 6.33. The van der Waals surface area contributed by atoms with Crippen molar-refractivity contribution in [1.29, 1.82) is 0 Å². The highest BCUT2D eigenvalue weighted by molar-refractivity contribution is 5.84. The van der Waals surface area contributed by atoms with Crippen LogP contribution in [0.15, 0.2) is 42.2 Å².